The molecule has 10 heteroatoms. The van der Waals surface area contributed by atoms with Gasteiger partial charge in [-0.1, -0.05) is 123 Å². The number of rotatable bonds is 8. The second kappa shape index (κ2) is 14.9. The van der Waals surface area contributed by atoms with Gasteiger partial charge in [0.25, 0.3) is 0 Å². The topological polar surface area (TPSA) is 75.6 Å². The summed E-state index contributed by atoms with van der Waals surface area (Å²) in [5.74, 6) is 3.83. The summed E-state index contributed by atoms with van der Waals surface area (Å²) in [6.45, 7) is 3.94. The SMILES string of the molecule is COc1ccc(C2(c3ccc(-c4nc(-c5ccccc5)nc(-c5ccccc5)n4)cc3)C=Cc3c4c(c5cc(OC)c(OC)cc5c3O2)-c2ccc(C(F)(F)F)cc2C4(C)C)cc1. The molecule has 2 heterocycles. The van der Waals surface area contributed by atoms with E-state index in [4.69, 9.17) is 33.9 Å². The van der Waals surface area contributed by atoms with E-state index in [1.807, 2.05) is 141 Å². The fraction of sp³-hybridized carbons (Fsp3) is 0.151. The number of nitrogens with zero attached hydrogens (tertiary/aromatic N) is 3. The highest BCUT2D eigenvalue weighted by molar-refractivity contribution is 6.09. The van der Waals surface area contributed by atoms with E-state index < -0.39 is 22.8 Å². The largest absolute Gasteiger partial charge is 0.497 e. The number of fused-ring (bicyclic) bond motifs is 8. The van der Waals surface area contributed by atoms with Crippen LogP contribution < -0.4 is 18.9 Å². The predicted octanol–water partition coefficient (Wildman–Crippen LogP) is 12.7. The number of ether oxygens (including phenoxy) is 4. The molecule has 10 rings (SSSR count). The minimum Gasteiger partial charge on any atom is -0.497 e. The van der Waals surface area contributed by atoms with Gasteiger partial charge in [0.15, 0.2) is 34.6 Å². The van der Waals surface area contributed by atoms with Crippen molar-refractivity contribution >= 4 is 16.8 Å². The van der Waals surface area contributed by atoms with Gasteiger partial charge in [-0.25, -0.2) is 15.0 Å². The highest BCUT2D eigenvalue weighted by Crippen LogP contribution is 2.59. The maximum Gasteiger partial charge on any atom is 0.416 e. The highest BCUT2D eigenvalue weighted by Gasteiger charge is 2.46. The molecule has 7 aromatic carbocycles. The molecule has 0 spiro atoms. The third-order valence-electron chi connectivity index (χ3n) is 12.3. The lowest BCUT2D eigenvalue weighted by atomic mass is 9.76. The molecule has 0 radical (unpaired) electrons. The smallest absolute Gasteiger partial charge is 0.416 e. The van der Waals surface area contributed by atoms with Crippen molar-refractivity contribution in [1.82, 2.24) is 15.0 Å². The molecule has 0 saturated carbocycles. The van der Waals surface area contributed by atoms with Crippen LogP contribution in [0.3, 0.4) is 0 Å². The molecule has 8 aromatic rings. The lowest BCUT2D eigenvalue weighted by molar-refractivity contribution is -0.137. The zero-order valence-electron chi connectivity index (χ0n) is 35.0. The van der Waals surface area contributed by atoms with Crippen LogP contribution in [0.2, 0.25) is 0 Å². The van der Waals surface area contributed by atoms with E-state index in [2.05, 4.69) is 6.08 Å². The van der Waals surface area contributed by atoms with E-state index in [0.29, 0.717) is 46.0 Å². The number of benzene rings is 7. The van der Waals surface area contributed by atoms with Crippen LogP contribution in [0.1, 0.15) is 47.2 Å². The second-order valence-corrected chi connectivity index (χ2v) is 16.1. The Morgan fingerprint density at radius 3 is 1.62 bits per heavy atom. The molecule has 0 N–H and O–H groups in total. The van der Waals surface area contributed by atoms with Crippen LogP contribution in [0.4, 0.5) is 13.2 Å². The van der Waals surface area contributed by atoms with Gasteiger partial charge in [0.05, 0.1) is 26.9 Å². The summed E-state index contributed by atoms with van der Waals surface area (Å²) in [7, 11) is 4.76. The number of hydrogen-bond acceptors (Lipinski definition) is 7. The molecule has 0 amide bonds. The molecular weight excluding hydrogens is 800 g/mol. The van der Waals surface area contributed by atoms with Crippen LogP contribution in [0.5, 0.6) is 23.0 Å². The Bertz CT molecular complexity index is 3040. The lowest BCUT2D eigenvalue weighted by Crippen LogP contribution is -2.35. The van der Waals surface area contributed by atoms with E-state index in [1.54, 1.807) is 27.4 Å². The van der Waals surface area contributed by atoms with Gasteiger partial charge in [-0.3, -0.25) is 0 Å². The number of halogens is 3. The van der Waals surface area contributed by atoms with Crippen LogP contribution in [0, 0.1) is 0 Å². The van der Waals surface area contributed by atoms with Crippen LogP contribution in [0.25, 0.3) is 62.1 Å². The first-order chi connectivity index (χ1) is 30.4. The minimum atomic E-state index is -4.51. The molecule has 1 aromatic heterocycles. The number of methoxy groups -OCH3 is 3. The first-order valence-corrected chi connectivity index (χ1v) is 20.4. The summed E-state index contributed by atoms with van der Waals surface area (Å²) in [5, 5.41) is 1.48. The average Bonchev–Trinajstić information content (AvgIpc) is 3.56. The number of hydrogen-bond donors (Lipinski definition) is 0. The zero-order chi connectivity index (χ0) is 43.7. The standard InChI is InChI=1S/C53H40F3N3O4/c1-51(2)42-28-36(53(54,55)56)22-25-38(42)45-40-29-43(61-4)44(62-5)30-41(40)47-39(46(45)51)26-27-52(63-47,35-20-23-37(60-3)24-21-35)34-18-16-33(17-19-34)50-58-48(31-12-8-6-9-13-31)57-49(59-50)32-14-10-7-11-15-32/h6-30H,1-5H3. The Morgan fingerprint density at radius 2 is 1.10 bits per heavy atom. The van der Waals surface area contributed by atoms with Crippen LogP contribution in [-0.4, -0.2) is 36.3 Å². The molecule has 0 fully saturated rings. The van der Waals surface area contributed by atoms with E-state index in [9.17, 15) is 13.2 Å². The van der Waals surface area contributed by atoms with E-state index >= 15 is 0 Å². The monoisotopic (exact) mass is 839 g/mol. The summed E-state index contributed by atoms with van der Waals surface area (Å²) in [6, 6.07) is 43.2. The quantitative estimate of drug-likeness (QED) is 0.151. The van der Waals surface area contributed by atoms with Crippen molar-refractivity contribution in [3.05, 3.63) is 179 Å². The van der Waals surface area contributed by atoms with Gasteiger partial charge in [-0.2, -0.15) is 13.2 Å². The molecular formula is C53H40F3N3O4. The molecule has 1 atom stereocenters. The molecule has 7 nitrogen and oxygen atoms in total. The van der Waals surface area contributed by atoms with Crippen LogP contribution in [0.15, 0.2) is 146 Å². The molecule has 1 aliphatic heterocycles. The summed E-state index contributed by atoms with van der Waals surface area (Å²) in [4.78, 5) is 14.8. The van der Waals surface area contributed by atoms with E-state index in [1.165, 1.54) is 6.07 Å². The third-order valence-corrected chi connectivity index (χ3v) is 12.3. The first-order valence-electron chi connectivity index (χ1n) is 20.4. The van der Waals surface area contributed by atoms with Crippen molar-refractivity contribution in [2.75, 3.05) is 21.3 Å². The van der Waals surface area contributed by atoms with Crippen molar-refractivity contribution in [3.8, 4) is 68.3 Å². The van der Waals surface area contributed by atoms with Crippen molar-refractivity contribution < 1.29 is 32.1 Å². The lowest BCUT2D eigenvalue weighted by Gasteiger charge is -2.38. The molecule has 0 saturated heterocycles. The fourth-order valence-electron chi connectivity index (χ4n) is 9.11. The third kappa shape index (κ3) is 6.47. The predicted molar refractivity (Wildman–Crippen MR) is 239 cm³/mol. The van der Waals surface area contributed by atoms with Gasteiger partial charge in [0.1, 0.15) is 11.5 Å². The average molecular weight is 840 g/mol. The van der Waals surface area contributed by atoms with Crippen molar-refractivity contribution in [2.45, 2.75) is 31.0 Å². The van der Waals surface area contributed by atoms with Crippen LogP contribution >= 0.6 is 0 Å². The van der Waals surface area contributed by atoms with Gasteiger partial charge >= 0.3 is 6.18 Å². The Balaban J connectivity index is 1.17. The van der Waals surface area contributed by atoms with Crippen molar-refractivity contribution in [2.24, 2.45) is 0 Å². The van der Waals surface area contributed by atoms with E-state index in [-0.39, 0.29) is 0 Å². The van der Waals surface area contributed by atoms with Gasteiger partial charge in [-0.15, -0.1) is 0 Å². The summed E-state index contributed by atoms with van der Waals surface area (Å²) >= 11 is 0. The molecule has 1 unspecified atom stereocenters. The highest BCUT2D eigenvalue weighted by atomic mass is 19.4. The van der Waals surface area contributed by atoms with Crippen molar-refractivity contribution in [3.63, 3.8) is 0 Å². The fourth-order valence-corrected chi connectivity index (χ4v) is 9.11. The minimum absolute atomic E-state index is 0.483. The maximum atomic E-state index is 14.2. The molecule has 1 aliphatic carbocycles. The Labute approximate surface area is 362 Å². The molecule has 312 valence electrons. The summed E-state index contributed by atoms with van der Waals surface area (Å²) in [5.41, 5.74) is 5.19. The first kappa shape index (κ1) is 39.7. The maximum absolute atomic E-state index is 14.2. The molecule has 63 heavy (non-hydrogen) atoms. The van der Waals surface area contributed by atoms with Crippen LogP contribution in [-0.2, 0) is 17.2 Å². The van der Waals surface area contributed by atoms with E-state index in [0.717, 1.165) is 66.9 Å². The number of alkyl halides is 3. The van der Waals surface area contributed by atoms with Crippen molar-refractivity contribution in [1.29, 1.82) is 0 Å². The Morgan fingerprint density at radius 1 is 0.571 bits per heavy atom. The summed E-state index contributed by atoms with van der Waals surface area (Å²) < 4.78 is 67.4. The number of aromatic nitrogens is 3. The molecule has 0 bridgehead atoms. The van der Waals surface area contributed by atoms with Gasteiger partial charge in [0.2, 0.25) is 0 Å². The van der Waals surface area contributed by atoms with Gasteiger partial charge in [-0.05, 0) is 70.1 Å². The normalized spacial score (nSPS) is 15.9. The second-order valence-electron chi connectivity index (χ2n) is 16.1. The van der Waals surface area contributed by atoms with Gasteiger partial charge < -0.3 is 18.9 Å². The molecule has 2 aliphatic rings. The Hall–Kier alpha value is -7.46. The van der Waals surface area contributed by atoms with Gasteiger partial charge in [0, 0.05) is 44.2 Å². The Kier molecular flexibility index (Phi) is 9.36. The summed E-state index contributed by atoms with van der Waals surface area (Å²) in [6.07, 6.45) is -0.427. The zero-order valence-corrected chi connectivity index (χ0v) is 35.0.